The molecule has 0 saturated carbocycles. The minimum atomic E-state index is 0.456. The number of benzene rings is 3. The minimum absolute atomic E-state index is 0.456. The number of aromatic amines is 1. The number of thioether (sulfide) groups is 1. The lowest BCUT2D eigenvalue weighted by molar-refractivity contribution is 0.779. The molecule has 1 atom stereocenters. The van der Waals surface area contributed by atoms with E-state index in [4.69, 9.17) is 0 Å². The monoisotopic (exact) mass is 412 g/mol. The van der Waals surface area contributed by atoms with E-state index in [1.807, 2.05) is 18.0 Å². The summed E-state index contributed by atoms with van der Waals surface area (Å²) in [6, 6.07) is 30.3. The van der Waals surface area contributed by atoms with Crippen LogP contribution in [0.15, 0.2) is 103 Å². The van der Waals surface area contributed by atoms with Crippen molar-refractivity contribution >= 4 is 22.7 Å². The lowest BCUT2D eigenvalue weighted by Gasteiger charge is -2.18. The van der Waals surface area contributed by atoms with Gasteiger partial charge in [-0.2, -0.15) is 11.8 Å². The Labute approximate surface area is 183 Å². The molecule has 4 rings (SSSR count). The van der Waals surface area contributed by atoms with Gasteiger partial charge in [-0.3, -0.25) is 0 Å². The van der Waals surface area contributed by atoms with Gasteiger partial charge in [-0.1, -0.05) is 73.3 Å². The van der Waals surface area contributed by atoms with Crippen LogP contribution < -0.4 is 5.32 Å². The van der Waals surface area contributed by atoms with Crippen molar-refractivity contribution in [2.45, 2.75) is 24.6 Å². The summed E-state index contributed by atoms with van der Waals surface area (Å²) >= 11 is 2.02. The van der Waals surface area contributed by atoms with Gasteiger partial charge in [-0.05, 0) is 58.9 Å². The molecule has 0 radical (unpaired) electrons. The molecule has 1 aromatic heterocycles. The topological polar surface area (TPSA) is 27.8 Å². The zero-order valence-corrected chi connectivity index (χ0v) is 18.0. The van der Waals surface area contributed by atoms with E-state index in [0.717, 1.165) is 30.8 Å². The molecule has 0 aliphatic carbocycles. The van der Waals surface area contributed by atoms with Gasteiger partial charge in [0.25, 0.3) is 0 Å². The number of fused-ring (bicyclic) bond motifs is 1. The van der Waals surface area contributed by atoms with Crippen molar-refractivity contribution in [2.24, 2.45) is 0 Å². The van der Waals surface area contributed by atoms with E-state index in [9.17, 15) is 0 Å². The number of hydrogen-bond acceptors (Lipinski definition) is 2. The Morgan fingerprint density at radius 2 is 1.67 bits per heavy atom. The largest absolute Gasteiger partial charge is 0.385 e. The van der Waals surface area contributed by atoms with Gasteiger partial charge >= 0.3 is 0 Å². The van der Waals surface area contributed by atoms with Crippen LogP contribution in [0.5, 0.6) is 0 Å². The van der Waals surface area contributed by atoms with E-state index < -0.39 is 0 Å². The SMILES string of the molecule is C=C(CCSC(Cc1ccccc1)c1ccccc1)NCc1ccc2[nH]ccc2c1. The first-order valence-corrected chi connectivity index (χ1v) is 11.5. The molecule has 0 amide bonds. The van der Waals surface area contributed by atoms with Crippen molar-refractivity contribution in [2.75, 3.05) is 5.75 Å². The van der Waals surface area contributed by atoms with E-state index in [-0.39, 0.29) is 0 Å². The highest BCUT2D eigenvalue weighted by atomic mass is 32.2. The van der Waals surface area contributed by atoms with Gasteiger partial charge in [0.2, 0.25) is 0 Å². The van der Waals surface area contributed by atoms with Crippen LogP contribution in [-0.4, -0.2) is 10.7 Å². The highest BCUT2D eigenvalue weighted by molar-refractivity contribution is 7.99. The number of rotatable bonds is 10. The number of hydrogen-bond donors (Lipinski definition) is 2. The molecule has 4 aromatic rings. The van der Waals surface area contributed by atoms with Crippen molar-refractivity contribution in [3.63, 3.8) is 0 Å². The van der Waals surface area contributed by atoms with Crippen LogP contribution in [0.3, 0.4) is 0 Å². The Morgan fingerprint density at radius 3 is 2.47 bits per heavy atom. The Morgan fingerprint density at radius 1 is 0.900 bits per heavy atom. The molecule has 0 aliphatic heterocycles. The number of aromatic nitrogens is 1. The summed E-state index contributed by atoms with van der Waals surface area (Å²) in [6.45, 7) is 5.06. The predicted octanol–water partition coefficient (Wildman–Crippen LogP) is 6.88. The zero-order chi connectivity index (χ0) is 20.6. The third-order valence-corrected chi connectivity index (χ3v) is 6.60. The fourth-order valence-corrected chi connectivity index (χ4v) is 4.93. The second-order valence-electron chi connectivity index (χ2n) is 7.57. The summed E-state index contributed by atoms with van der Waals surface area (Å²) < 4.78 is 0. The Kier molecular flexibility index (Phi) is 6.94. The molecular weight excluding hydrogens is 384 g/mol. The fourth-order valence-electron chi connectivity index (χ4n) is 3.62. The third kappa shape index (κ3) is 5.58. The summed E-state index contributed by atoms with van der Waals surface area (Å²) in [5, 5.41) is 5.21. The molecule has 0 spiro atoms. The molecule has 0 saturated heterocycles. The van der Waals surface area contributed by atoms with Crippen molar-refractivity contribution in [1.82, 2.24) is 10.3 Å². The lowest BCUT2D eigenvalue weighted by atomic mass is 10.0. The number of allylic oxidation sites excluding steroid dienone is 1. The summed E-state index contributed by atoms with van der Waals surface area (Å²) in [6.07, 6.45) is 4.00. The smallest absolute Gasteiger partial charge is 0.0454 e. The predicted molar refractivity (Wildman–Crippen MR) is 131 cm³/mol. The van der Waals surface area contributed by atoms with Crippen LogP contribution in [0.2, 0.25) is 0 Å². The van der Waals surface area contributed by atoms with E-state index in [0.29, 0.717) is 5.25 Å². The van der Waals surface area contributed by atoms with E-state index in [2.05, 4.69) is 102 Å². The maximum Gasteiger partial charge on any atom is 0.0454 e. The number of H-pyrrole nitrogens is 1. The fraction of sp³-hybridized carbons (Fsp3) is 0.185. The summed E-state index contributed by atoms with van der Waals surface area (Å²) in [5.74, 6) is 1.05. The molecule has 3 heteroatoms. The highest BCUT2D eigenvalue weighted by Gasteiger charge is 2.13. The molecule has 2 nitrogen and oxygen atoms in total. The van der Waals surface area contributed by atoms with Gasteiger partial charge in [0, 0.05) is 29.2 Å². The van der Waals surface area contributed by atoms with Crippen molar-refractivity contribution in [3.8, 4) is 0 Å². The molecule has 0 bridgehead atoms. The summed E-state index contributed by atoms with van der Waals surface area (Å²) in [7, 11) is 0. The zero-order valence-electron chi connectivity index (χ0n) is 17.2. The molecule has 3 aromatic carbocycles. The Balaban J connectivity index is 1.29. The quantitative estimate of drug-likeness (QED) is 0.297. The Bertz CT molecular complexity index is 1070. The van der Waals surface area contributed by atoms with Crippen LogP contribution in [0.25, 0.3) is 10.9 Å². The first-order valence-electron chi connectivity index (χ1n) is 10.5. The van der Waals surface area contributed by atoms with E-state index in [1.54, 1.807) is 0 Å². The van der Waals surface area contributed by atoms with Gasteiger partial charge in [-0.15, -0.1) is 0 Å². The maximum absolute atomic E-state index is 4.25. The molecule has 1 heterocycles. The van der Waals surface area contributed by atoms with Crippen molar-refractivity contribution < 1.29 is 0 Å². The maximum atomic E-state index is 4.25. The second kappa shape index (κ2) is 10.2. The van der Waals surface area contributed by atoms with Crippen molar-refractivity contribution in [3.05, 3.63) is 120 Å². The van der Waals surface area contributed by atoms with Crippen molar-refractivity contribution in [1.29, 1.82) is 0 Å². The average molecular weight is 413 g/mol. The standard InChI is InChI=1S/C27H28N2S/c1-21(29-20-23-12-13-26-25(18-23)14-16-28-26)15-17-30-27(24-10-6-3-7-11-24)19-22-8-4-2-5-9-22/h2-14,16,18,27-29H,1,15,17,19-20H2. The molecular formula is C27H28N2S. The molecule has 30 heavy (non-hydrogen) atoms. The lowest BCUT2D eigenvalue weighted by Crippen LogP contribution is -2.12. The van der Waals surface area contributed by atoms with E-state index in [1.165, 1.54) is 27.6 Å². The molecule has 0 fully saturated rings. The minimum Gasteiger partial charge on any atom is -0.385 e. The number of nitrogens with one attached hydrogen (secondary N) is 2. The van der Waals surface area contributed by atoms with E-state index >= 15 is 0 Å². The third-order valence-electron chi connectivity index (χ3n) is 5.32. The van der Waals surface area contributed by atoms with Gasteiger partial charge in [0.15, 0.2) is 0 Å². The van der Waals surface area contributed by atoms with Crippen LogP contribution in [0.1, 0.15) is 28.4 Å². The Hall–Kier alpha value is -2.91. The van der Waals surface area contributed by atoms with Crippen LogP contribution >= 0.6 is 11.8 Å². The molecule has 0 aliphatic rings. The summed E-state index contributed by atoms with van der Waals surface area (Å²) in [5.41, 5.74) is 6.34. The van der Waals surface area contributed by atoms with Gasteiger partial charge in [-0.25, -0.2) is 0 Å². The van der Waals surface area contributed by atoms with Crippen LogP contribution in [-0.2, 0) is 13.0 Å². The highest BCUT2D eigenvalue weighted by Crippen LogP contribution is 2.33. The van der Waals surface area contributed by atoms with Gasteiger partial charge in [0.05, 0.1) is 0 Å². The van der Waals surface area contributed by atoms with Gasteiger partial charge in [0.1, 0.15) is 0 Å². The molecule has 1 unspecified atom stereocenters. The molecule has 152 valence electrons. The first kappa shape index (κ1) is 20.4. The second-order valence-corrected chi connectivity index (χ2v) is 8.88. The normalized spacial score (nSPS) is 12.0. The summed E-state index contributed by atoms with van der Waals surface area (Å²) in [4.78, 5) is 3.24. The van der Waals surface area contributed by atoms with Gasteiger partial charge < -0.3 is 10.3 Å². The average Bonchev–Trinajstić information content (AvgIpc) is 3.26. The molecule has 2 N–H and O–H groups in total. The van der Waals surface area contributed by atoms with Crippen LogP contribution in [0.4, 0.5) is 0 Å². The van der Waals surface area contributed by atoms with Crippen LogP contribution in [0, 0.1) is 0 Å². The first-order chi connectivity index (χ1) is 14.8.